The van der Waals surface area contributed by atoms with E-state index in [1.165, 1.54) is 36.4 Å². The minimum Gasteiger partial charge on any atom is -0.459 e. The van der Waals surface area contributed by atoms with Gasteiger partial charge in [0.25, 0.3) is 0 Å². The molecule has 8 heteroatoms. The number of aliphatic hydroxyl groups is 1. The zero-order valence-corrected chi connectivity index (χ0v) is 18.0. The van der Waals surface area contributed by atoms with Crippen LogP contribution in [0.3, 0.4) is 0 Å². The zero-order valence-electron chi connectivity index (χ0n) is 18.0. The molecule has 3 aromatic rings. The van der Waals surface area contributed by atoms with Crippen molar-refractivity contribution in [2.45, 2.75) is 18.3 Å². The molecule has 8 nitrogen and oxygen atoms in total. The first kappa shape index (κ1) is 24.3. The summed E-state index contributed by atoms with van der Waals surface area (Å²) in [6, 6.07) is 23.8. The van der Waals surface area contributed by atoms with Crippen molar-refractivity contribution in [3.05, 3.63) is 108 Å². The number of aliphatic hydroxyl groups excluding tert-OH is 1. The highest BCUT2D eigenvalue weighted by Crippen LogP contribution is 2.15. The Balaban J connectivity index is 1.76. The van der Waals surface area contributed by atoms with Gasteiger partial charge in [-0.25, -0.2) is 14.4 Å². The summed E-state index contributed by atoms with van der Waals surface area (Å²) in [5.41, 5.74) is 0.558. The fourth-order valence-corrected chi connectivity index (χ4v) is 2.98. The van der Waals surface area contributed by atoms with Crippen molar-refractivity contribution in [3.63, 3.8) is 0 Å². The lowest BCUT2D eigenvalue weighted by molar-refractivity contribution is -0.130. The summed E-state index contributed by atoms with van der Waals surface area (Å²) < 4.78 is 15.7. The van der Waals surface area contributed by atoms with Crippen molar-refractivity contribution in [1.29, 1.82) is 0 Å². The Morgan fingerprint density at radius 3 is 1.53 bits per heavy atom. The predicted octanol–water partition coefficient (Wildman–Crippen LogP) is 2.85. The van der Waals surface area contributed by atoms with E-state index in [0.717, 1.165) is 0 Å². The van der Waals surface area contributed by atoms with Crippen LogP contribution in [0.2, 0.25) is 0 Å². The van der Waals surface area contributed by atoms with Gasteiger partial charge in [-0.3, -0.25) is 4.79 Å². The molecule has 3 aromatic carbocycles. The minimum atomic E-state index is -1.67. The van der Waals surface area contributed by atoms with Gasteiger partial charge in [-0.15, -0.1) is 0 Å². The maximum Gasteiger partial charge on any atom is 0.338 e. The van der Waals surface area contributed by atoms with Crippen LogP contribution in [-0.4, -0.2) is 54.2 Å². The highest BCUT2D eigenvalue weighted by Gasteiger charge is 2.36. The summed E-state index contributed by atoms with van der Waals surface area (Å²) in [5, 5.41) is 10.7. The number of ether oxygens (including phenoxy) is 3. The molecule has 0 aliphatic carbocycles. The van der Waals surface area contributed by atoms with Gasteiger partial charge in [0, 0.05) is 0 Å². The fourth-order valence-electron chi connectivity index (χ4n) is 2.98. The monoisotopic (exact) mass is 462 g/mol. The Bertz CT molecular complexity index is 1100. The molecule has 34 heavy (non-hydrogen) atoms. The maximum atomic E-state index is 12.6. The zero-order chi connectivity index (χ0) is 24.3. The maximum absolute atomic E-state index is 12.6. The molecule has 1 N–H and O–H groups in total. The van der Waals surface area contributed by atoms with Gasteiger partial charge in [-0.05, 0) is 36.4 Å². The van der Waals surface area contributed by atoms with Gasteiger partial charge in [-0.2, -0.15) is 0 Å². The molecule has 0 aliphatic rings. The standard InChI is InChI=1S/C26H22O8/c27-16-22(33-25(30)19-12-6-2-7-13-19)23(34-26(31)20-14-8-3-9-15-20)21(28)17-32-24(29)18-10-4-1-5-11-18/h1-16,21-23,28H,17H2/t21-,22+,23-/m1/s1. The molecule has 0 aromatic heterocycles. The van der Waals surface area contributed by atoms with E-state index >= 15 is 0 Å². The summed E-state index contributed by atoms with van der Waals surface area (Å²) >= 11 is 0. The van der Waals surface area contributed by atoms with Crippen LogP contribution in [0.4, 0.5) is 0 Å². The molecule has 0 aliphatic heterocycles. The van der Waals surface area contributed by atoms with Gasteiger partial charge in [0.2, 0.25) is 0 Å². The van der Waals surface area contributed by atoms with Gasteiger partial charge in [-0.1, -0.05) is 54.6 Å². The smallest absolute Gasteiger partial charge is 0.338 e. The first-order valence-corrected chi connectivity index (χ1v) is 10.4. The molecule has 0 unspecified atom stereocenters. The third-order valence-electron chi connectivity index (χ3n) is 4.74. The van der Waals surface area contributed by atoms with E-state index in [-0.39, 0.29) is 23.0 Å². The Kier molecular flexibility index (Phi) is 8.65. The fraction of sp³-hybridized carbons (Fsp3) is 0.154. The van der Waals surface area contributed by atoms with E-state index in [1.54, 1.807) is 54.6 Å². The third-order valence-corrected chi connectivity index (χ3v) is 4.74. The second-order valence-corrected chi connectivity index (χ2v) is 7.14. The topological polar surface area (TPSA) is 116 Å². The Morgan fingerprint density at radius 1 is 0.676 bits per heavy atom. The van der Waals surface area contributed by atoms with Crippen molar-refractivity contribution in [2.75, 3.05) is 6.61 Å². The number of aldehydes is 1. The van der Waals surface area contributed by atoms with E-state index < -0.39 is 42.8 Å². The van der Waals surface area contributed by atoms with Crippen LogP contribution in [0.1, 0.15) is 31.1 Å². The second kappa shape index (κ2) is 12.1. The van der Waals surface area contributed by atoms with Crippen LogP contribution in [0, 0.1) is 0 Å². The molecule has 0 saturated heterocycles. The van der Waals surface area contributed by atoms with Crippen molar-refractivity contribution in [3.8, 4) is 0 Å². The average molecular weight is 462 g/mol. The quantitative estimate of drug-likeness (QED) is 0.278. The molecule has 0 bridgehead atoms. The normalized spacial score (nSPS) is 13.1. The summed E-state index contributed by atoms with van der Waals surface area (Å²) in [4.78, 5) is 49.1. The molecule has 3 rings (SSSR count). The largest absolute Gasteiger partial charge is 0.459 e. The number of hydrogen-bond acceptors (Lipinski definition) is 8. The summed E-state index contributed by atoms with van der Waals surface area (Å²) in [6.45, 7) is -0.617. The van der Waals surface area contributed by atoms with E-state index in [0.29, 0.717) is 0 Å². The lowest BCUT2D eigenvalue weighted by atomic mass is 10.1. The Hall–Kier alpha value is -4.30. The van der Waals surface area contributed by atoms with Crippen LogP contribution < -0.4 is 0 Å². The van der Waals surface area contributed by atoms with E-state index in [9.17, 15) is 24.3 Å². The van der Waals surface area contributed by atoms with Gasteiger partial charge >= 0.3 is 17.9 Å². The number of rotatable bonds is 10. The van der Waals surface area contributed by atoms with Gasteiger partial charge in [0.15, 0.2) is 18.5 Å². The average Bonchev–Trinajstić information content (AvgIpc) is 2.90. The van der Waals surface area contributed by atoms with Crippen molar-refractivity contribution in [2.24, 2.45) is 0 Å². The van der Waals surface area contributed by atoms with Crippen LogP contribution >= 0.6 is 0 Å². The second-order valence-electron chi connectivity index (χ2n) is 7.14. The van der Waals surface area contributed by atoms with E-state index in [2.05, 4.69) is 0 Å². The van der Waals surface area contributed by atoms with Crippen LogP contribution in [0.15, 0.2) is 91.0 Å². The van der Waals surface area contributed by atoms with Crippen LogP contribution in [0.5, 0.6) is 0 Å². The van der Waals surface area contributed by atoms with Gasteiger partial charge in [0.1, 0.15) is 12.7 Å². The number of esters is 3. The van der Waals surface area contributed by atoms with Gasteiger partial charge < -0.3 is 19.3 Å². The molecule has 174 valence electrons. The van der Waals surface area contributed by atoms with Crippen molar-refractivity contribution in [1.82, 2.24) is 0 Å². The number of carbonyl (C=O) groups excluding carboxylic acids is 4. The number of benzene rings is 3. The highest BCUT2D eigenvalue weighted by atomic mass is 16.6. The van der Waals surface area contributed by atoms with Crippen molar-refractivity contribution < 1.29 is 38.5 Å². The molecular formula is C26H22O8. The lowest BCUT2D eigenvalue weighted by Crippen LogP contribution is -2.46. The van der Waals surface area contributed by atoms with E-state index in [4.69, 9.17) is 14.2 Å². The molecule has 3 atom stereocenters. The minimum absolute atomic E-state index is 0.153. The Labute approximate surface area is 195 Å². The van der Waals surface area contributed by atoms with E-state index in [1.807, 2.05) is 0 Å². The molecule has 0 radical (unpaired) electrons. The first-order chi connectivity index (χ1) is 16.5. The summed E-state index contributed by atoms with van der Waals surface area (Å²) in [6.07, 6.45) is -4.72. The summed E-state index contributed by atoms with van der Waals surface area (Å²) in [5.74, 6) is -2.44. The van der Waals surface area contributed by atoms with Crippen molar-refractivity contribution >= 4 is 24.2 Å². The number of carbonyl (C=O) groups is 4. The van der Waals surface area contributed by atoms with Gasteiger partial charge in [0.05, 0.1) is 16.7 Å². The molecule has 0 spiro atoms. The van der Waals surface area contributed by atoms with Crippen LogP contribution in [-0.2, 0) is 19.0 Å². The molecule has 0 fully saturated rings. The third kappa shape index (κ3) is 6.60. The SMILES string of the molecule is O=C[C@H](OC(=O)c1ccccc1)[C@H](OC(=O)c1ccccc1)[C@H](O)COC(=O)c1ccccc1. The highest BCUT2D eigenvalue weighted by molar-refractivity contribution is 5.91. The lowest BCUT2D eigenvalue weighted by Gasteiger charge is -2.27. The first-order valence-electron chi connectivity index (χ1n) is 10.4. The molecular weight excluding hydrogens is 440 g/mol. The number of hydrogen-bond donors (Lipinski definition) is 1. The molecule has 0 amide bonds. The Morgan fingerprint density at radius 2 is 1.09 bits per heavy atom. The summed E-state index contributed by atoms with van der Waals surface area (Å²) in [7, 11) is 0. The van der Waals surface area contributed by atoms with Crippen LogP contribution in [0.25, 0.3) is 0 Å². The predicted molar refractivity (Wildman–Crippen MR) is 120 cm³/mol. The molecule has 0 heterocycles. The molecule has 0 saturated carbocycles.